The van der Waals surface area contributed by atoms with Gasteiger partial charge in [0.2, 0.25) is 17.3 Å². The van der Waals surface area contributed by atoms with E-state index in [0.29, 0.717) is 6.54 Å². The summed E-state index contributed by atoms with van der Waals surface area (Å²) in [6.45, 7) is -1.65. The molecule has 118 valence electrons. The maximum atomic E-state index is 13.9. The number of nitriles is 1. The van der Waals surface area contributed by atoms with Gasteiger partial charge in [-0.15, -0.1) is 0 Å². The van der Waals surface area contributed by atoms with Crippen molar-refractivity contribution in [3.05, 3.63) is 40.9 Å². The Balaban J connectivity index is 3.39. The molecule has 0 saturated heterocycles. The first kappa shape index (κ1) is 17.4. The van der Waals surface area contributed by atoms with Gasteiger partial charge in [0.05, 0.1) is 5.56 Å². The zero-order valence-electron chi connectivity index (χ0n) is 11.1. The van der Waals surface area contributed by atoms with Crippen LogP contribution in [-0.4, -0.2) is 18.9 Å². The molecule has 1 N–H and O–H groups in total. The van der Waals surface area contributed by atoms with Crippen LogP contribution >= 0.6 is 0 Å². The Labute approximate surface area is 121 Å². The second kappa shape index (κ2) is 7.40. The van der Waals surface area contributed by atoms with Crippen LogP contribution in [0, 0.1) is 28.8 Å². The normalized spacial score (nSPS) is 11.3. The van der Waals surface area contributed by atoms with Crippen LogP contribution < -0.4 is 10.1 Å². The standard InChI is InChI=1S/C13H9F5N2O2/c1-2-20-5-6(4-19)11(21)7-3-8(14)10(16)12(9(7)15)22-13(17)18/h3,5,13,20H,2H2,1H3. The third-order valence-electron chi connectivity index (χ3n) is 2.38. The third kappa shape index (κ3) is 3.72. The highest BCUT2D eigenvalue weighted by molar-refractivity contribution is 6.11. The van der Waals surface area contributed by atoms with Crippen LogP contribution in [0.15, 0.2) is 17.8 Å². The first-order valence-corrected chi connectivity index (χ1v) is 5.84. The molecule has 0 saturated carbocycles. The molecule has 0 radical (unpaired) electrons. The molecular weight excluding hydrogens is 311 g/mol. The van der Waals surface area contributed by atoms with Crippen LogP contribution in [0.5, 0.6) is 5.75 Å². The highest BCUT2D eigenvalue weighted by Crippen LogP contribution is 2.29. The van der Waals surface area contributed by atoms with Gasteiger partial charge >= 0.3 is 6.61 Å². The number of hydrogen-bond donors (Lipinski definition) is 1. The molecule has 0 fully saturated rings. The lowest BCUT2D eigenvalue weighted by atomic mass is 10.0. The van der Waals surface area contributed by atoms with E-state index in [-0.39, 0.29) is 6.07 Å². The van der Waals surface area contributed by atoms with E-state index >= 15 is 0 Å². The van der Waals surface area contributed by atoms with Gasteiger partial charge < -0.3 is 10.1 Å². The van der Waals surface area contributed by atoms with Crippen molar-refractivity contribution in [2.24, 2.45) is 0 Å². The maximum absolute atomic E-state index is 13.9. The molecule has 0 aliphatic carbocycles. The molecule has 1 rings (SSSR count). The zero-order chi connectivity index (χ0) is 16.9. The summed E-state index contributed by atoms with van der Waals surface area (Å²) < 4.78 is 68.2. The number of hydrogen-bond acceptors (Lipinski definition) is 4. The summed E-state index contributed by atoms with van der Waals surface area (Å²) in [7, 11) is 0. The van der Waals surface area contributed by atoms with Crippen molar-refractivity contribution in [3.63, 3.8) is 0 Å². The number of halogens is 5. The monoisotopic (exact) mass is 320 g/mol. The van der Waals surface area contributed by atoms with Gasteiger partial charge in [0.15, 0.2) is 11.6 Å². The van der Waals surface area contributed by atoms with Crippen LogP contribution in [-0.2, 0) is 0 Å². The molecule has 0 unspecified atom stereocenters. The van der Waals surface area contributed by atoms with E-state index in [9.17, 15) is 26.7 Å². The molecule has 1 aromatic carbocycles. The summed E-state index contributed by atoms with van der Waals surface area (Å²) in [4.78, 5) is 11.9. The van der Waals surface area contributed by atoms with E-state index in [1.807, 2.05) is 0 Å². The minimum atomic E-state index is -3.62. The largest absolute Gasteiger partial charge is 0.428 e. The number of ether oxygens (including phenoxy) is 1. The number of allylic oxidation sites excluding steroid dienone is 1. The number of carbonyl (C=O) groups is 1. The second-order valence-corrected chi connectivity index (χ2v) is 3.80. The topological polar surface area (TPSA) is 62.1 Å². The molecule has 0 spiro atoms. The van der Waals surface area contributed by atoms with E-state index < -0.39 is 46.7 Å². The minimum absolute atomic E-state index is 0.169. The summed E-state index contributed by atoms with van der Waals surface area (Å²) in [5.74, 6) is -8.61. The first-order chi connectivity index (χ1) is 10.3. The van der Waals surface area contributed by atoms with Crippen molar-refractivity contribution in [3.8, 4) is 11.8 Å². The minimum Gasteiger partial charge on any atom is -0.428 e. The average Bonchev–Trinajstić information content (AvgIpc) is 2.47. The summed E-state index contributed by atoms with van der Waals surface area (Å²) in [6, 6.07) is 1.60. The number of Topliss-reactive ketones (excluding diaryl/α,β-unsaturated/α-hetero) is 1. The van der Waals surface area contributed by atoms with Crippen molar-refractivity contribution < 1.29 is 31.5 Å². The molecule has 0 aliphatic heterocycles. The molecule has 0 bridgehead atoms. The van der Waals surface area contributed by atoms with Crippen LogP contribution in [0.4, 0.5) is 22.0 Å². The number of nitrogens with one attached hydrogen (secondary N) is 1. The average molecular weight is 320 g/mol. The van der Waals surface area contributed by atoms with E-state index in [1.165, 1.54) is 6.07 Å². The predicted octanol–water partition coefficient (Wildman–Crippen LogP) is 2.90. The Morgan fingerprint density at radius 1 is 1.41 bits per heavy atom. The quantitative estimate of drug-likeness (QED) is 0.288. The lowest BCUT2D eigenvalue weighted by Crippen LogP contribution is -2.14. The molecule has 0 heterocycles. The van der Waals surface area contributed by atoms with Gasteiger partial charge in [0, 0.05) is 12.7 Å². The van der Waals surface area contributed by atoms with Gasteiger partial charge in [-0.25, -0.2) is 8.78 Å². The van der Waals surface area contributed by atoms with Gasteiger partial charge in [0.1, 0.15) is 11.6 Å². The van der Waals surface area contributed by atoms with Crippen molar-refractivity contribution in [2.45, 2.75) is 13.5 Å². The fourth-order valence-electron chi connectivity index (χ4n) is 1.44. The van der Waals surface area contributed by atoms with Gasteiger partial charge in [0.25, 0.3) is 0 Å². The molecule has 0 aromatic heterocycles. The lowest BCUT2D eigenvalue weighted by molar-refractivity contribution is -0.0550. The smallest absolute Gasteiger partial charge is 0.387 e. The third-order valence-corrected chi connectivity index (χ3v) is 2.38. The molecule has 0 atom stereocenters. The number of benzene rings is 1. The van der Waals surface area contributed by atoms with E-state index in [2.05, 4.69) is 10.1 Å². The van der Waals surface area contributed by atoms with Gasteiger partial charge in [-0.05, 0) is 13.0 Å². The summed E-state index contributed by atoms with van der Waals surface area (Å²) in [5.41, 5.74) is -1.71. The Morgan fingerprint density at radius 2 is 2.05 bits per heavy atom. The Bertz CT molecular complexity index is 653. The summed E-state index contributed by atoms with van der Waals surface area (Å²) >= 11 is 0. The fraction of sp³-hybridized carbons (Fsp3) is 0.231. The second-order valence-electron chi connectivity index (χ2n) is 3.80. The van der Waals surface area contributed by atoms with Gasteiger partial charge in [-0.1, -0.05) is 0 Å². The molecule has 0 amide bonds. The molecule has 4 nitrogen and oxygen atoms in total. The number of carbonyl (C=O) groups excluding carboxylic acids is 1. The van der Waals surface area contributed by atoms with Gasteiger partial charge in [-0.3, -0.25) is 4.79 Å². The van der Waals surface area contributed by atoms with Crippen LogP contribution in [0.1, 0.15) is 17.3 Å². The number of ketones is 1. The Hall–Kier alpha value is -2.63. The van der Waals surface area contributed by atoms with Crippen LogP contribution in [0.3, 0.4) is 0 Å². The molecule has 9 heteroatoms. The van der Waals surface area contributed by atoms with E-state index in [4.69, 9.17) is 5.26 Å². The van der Waals surface area contributed by atoms with E-state index in [1.54, 1.807) is 6.92 Å². The maximum Gasteiger partial charge on any atom is 0.387 e. The summed E-state index contributed by atoms with van der Waals surface area (Å²) in [6.07, 6.45) is 0.941. The SMILES string of the molecule is CCNC=C(C#N)C(=O)c1cc(F)c(F)c(OC(F)F)c1F. The fourth-order valence-corrected chi connectivity index (χ4v) is 1.44. The lowest BCUT2D eigenvalue weighted by Gasteiger charge is -2.10. The Kier molecular flexibility index (Phi) is 5.86. The van der Waals surface area contributed by atoms with Crippen molar-refractivity contribution in [1.29, 1.82) is 5.26 Å². The number of nitrogens with zero attached hydrogens (tertiary/aromatic N) is 1. The van der Waals surface area contributed by atoms with Crippen LogP contribution in [0.2, 0.25) is 0 Å². The first-order valence-electron chi connectivity index (χ1n) is 5.84. The van der Waals surface area contributed by atoms with Gasteiger partial charge in [-0.2, -0.15) is 18.4 Å². The van der Waals surface area contributed by atoms with Crippen molar-refractivity contribution in [2.75, 3.05) is 6.54 Å². The molecule has 22 heavy (non-hydrogen) atoms. The molecular formula is C13H9F5N2O2. The zero-order valence-corrected chi connectivity index (χ0v) is 11.1. The van der Waals surface area contributed by atoms with Crippen molar-refractivity contribution in [1.82, 2.24) is 5.32 Å². The molecule has 0 aliphatic rings. The number of rotatable bonds is 6. The highest BCUT2D eigenvalue weighted by atomic mass is 19.3. The van der Waals surface area contributed by atoms with E-state index in [0.717, 1.165) is 6.20 Å². The summed E-state index contributed by atoms with van der Waals surface area (Å²) in [5, 5.41) is 11.3. The Morgan fingerprint density at radius 3 is 2.55 bits per heavy atom. The van der Waals surface area contributed by atoms with Crippen molar-refractivity contribution >= 4 is 5.78 Å². The molecule has 1 aromatic rings. The highest BCUT2D eigenvalue weighted by Gasteiger charge is 2.27. The van der Waals surface area contributed by atoms with Crippen LogP contribution in [0.25, 0.3) is 0 Å². The number of alkyl halides is 2. The predicted molar refractivity (Wildman–Crippen MR) is 64.7 cm³/mol.